The summed E-state index contributed by atoms with van der Waals surface area (Å²) in [5.41, 5.74) is 3.21. The van der Waals surface area contributed by atoms with E-state index in [2.05, 4.69) is 15.5 Å². The molecule has 29 heavy (non-hydrogen) atoms. The Kier molecular flexibility index (Phi) is 7.09. The molecule has 0 radical (unpaired) electrons. The number of nitrogens with one attached hydrogen (secondary N) is 2. The lowest BCUT2D eigenvalue weighted by molar-refractivity contribution is 0.186. The Bertz CT molecular complexity index is 817. The fourth-order valence-electron chi connectivity index (χ4n) is 3.78. The lowest BCUT2D eigenvalue weighted by Gasteiger charge is -2.32. The summed E-state index contributed by atoms with van der Waals surface area (Å²) in [4.78, 5) is 14.8. The van der Waals surface area contributed by atoms with Crippen molar-refractivity contribution in [2.45, 2.75) is 45.3 Å². The maximum atomic E-state index is 13.0. The van der Waals surface area contributed by atoms with Crippen LogP contribution >= 0.6 is 0 Å². The summed E-state index contributed by atoms with van der Waals surface area (Å²) in [6, 6.07) is 12.5. The fourth-order valence-corrected chi connectivity index (χ4v) is 3.78. The number of benzene rings is 2. The Labute approximate surface area is 172 Å². The van der Waals surface area contributed by atoms with Gasteiger partial charge in [0.25, 0.3) is 0 Å². The molecule has 156 valence electrons. The molecule has 0 aromatic heterocycles. The molecule has 1 fully saturated rings. The Hall–Kier alpha value is -2.60. The van der Waals surface area contributed by atoms with Crippen molar-refractivity contribution >= 4 is 6.03 Å². The van der Waals surface area contributed by atoms with Gasteiger partial charge in [-0.3, -0.25) is 4.90 Å². The molecule has 0 saturated carbocycles. The summed E-state index contributed by atoms with van der Waals surface area (Å²) in [6.07, 6.45) is 1.80. The molecule has 1 aliphatic rings. The number of piperidine rings is 1. The largest absolute Gasteiger partial charge is 0.496 e. The normalized spacial score (nSPS) is 16.3. The van der Waals surface area contributed by atoms with E-state index in [1.165, 1.54) is 12.1 Å². The van der Waals surface area contributed by atoms with Gasteiger partial charge in [0.1, 0.15) is 11.6 Å². The Morgan fingerprint density at radius 2 is 1.90 bits per heavy atom. The standard InChI is InChI=1S/C23H30FN3O2/c1-16-4-9-22(29-3)21(14-16)17(2)25-23(28)26-20-10-12-27(13-11-20)15-18-5-7-19(24)8-6-18/h4-9,14,17,20H,10-13,15H2,1-3H3,(H2,25,26,28). The number of likely N-dealkylation sites (tertiary alicyclic amines) is 1. The van der Waals surface area contributed by atoms with E-state index in [0.29, 0.717) is 0 Å². The van der Waals surface area contributed by atoms with Crippen LogP contribution in [0.15, 0.2) is 42.5 Å². The number of rotatable bonds is 6. The van der Waals surface area contributed by atoms with E-state index in [-0.39, 0.29) is 23.9 Å². The summed E-state index contributed by atoms with van der Waals surface area (Å²) in [7, 11) is 1.64. The molecule has 3 rings (SSSR count). The molecule has 0 aliphatic carbocycles. The zero-order valence-electron chi connectivity index (χ0n) is 17.4. The van der Waals surface area contributed by atoms with Crippen LogP contribution in [-0.2, 0) is 6.54 Å². The van der Waals surface area contributed by atoms with Crippen molar-refractivity contribution in [1.29, 1.82) is 0 Å². The van der Waals surface area contributed by atoms with E-state index in [9.17, 15) is 9.18 Å². The number of nitrogens with zero attached hydrogens (tertiary/aromatic N) is 1. The molecule has 0 spiro atoms. The molecule has 2 N–H and O–H groups in total. The number of methoxy groups -OCH3 is 1. The molecular formula is C23H30FN3O2. The maximum Gasteiger partial charge on any atom is 0.315 e. The van der Waals surface area contributed by atoms with E-state index >= 15 is 0 Å². The van der Waals surface area contributed by atoms with Gasteiger partial charge in [0.05, 0.1) is 13.2 Å². The lowest BCUT2D eigenvalue weighted by Crippen LogP contribution is -2.48. The first-order valence-electron chi connectivity index (χ1n) is 10.1. The third kappa shape index (κ3) is 5.94. The smallest absolute Gasteiger partial charge is 0.315 e. The average Bonchev–Trinajstić information content (AvgIpc) is 2.71. The maximum absolute atomic E-state index is 13.0. The van der Waals surface area contributed by atoms with Crippen LogP contribution in [0.5, 0.6) is 5.75 Å². The van der Waals surface area contributed by atoms with Gasteiger partial charge >= 0.3 is 6.03 Å². The van der Waals surface area contributed by atoms with Crippen LogP contribution in [0.2, 0.25) is 0 Å². The highest BCUT2D eigenvalue weighted by atomic mass is 19.1. The van der Waals surface area contributed by atoms with Crippen LogP contribution in [0.25, 0.3) is 0 Å². The molecule has 1 aliphatic heterocycles. The Balaban J connectivity index is 1.46. The SMILES string of the molecule is COc1ccc(C)cc1C(C)NC(=O)NC1CCN(Cc2ccc(F)cc2)CC1. The van der Waals surface area contributed by atoms with Crippen LogP contribution < -0.4 is 15.4 Å². The van der Waals surface area contributed by atoms with E-state index in [0.717, 1.165) is 54.9 Å². The third-order valence-electron chi connectivity index (χ3n) is 5.44. The highest BCUT2D eigenvalue weighted by Gasteiger charge is 2.22. The van der Waals surface area contributed by atoms with Crippen LogP contribution in [-0.4, -0.2) is 37.2 Å². The summed E-state index contributed by atoms with van der Waals surface area (Å²) >= 11 is 0. The van der Waals surface area contributed by atoms with Gasteiger partial charge < -0.3 is 15.4 Å². The number of carbonyl (C=O) groups excluding carboxylic acids is 1. The Morgan fingerprint density at radius 3 is 2.55 bits per heavy atom. The second kappa shape index (κ2) is 9.74. The number of aryl methyl sites for hydroxylation is 1. The van der Waals surface area contributed by atoms with E-state index in [1.54, 1.807) is 7.11 Å². The number of hydrogen-bond acceptors (Lipinski definition) is 3. The molecule has 1 heterocycles. The topological polar surface area (TPSA) is 53.6 Å². The van der Waals surface area contributed by atoms with Crippen molar-refractivity contribution in [3.8, 4) is 5.75 Å². The van der Waals surface area contributed by atoms with Gasteiger partial charge in [0.15, 0.2) is 0 Å². The molecule has 6 heteroatoms. The first kappa shape index (κ1) is 21.1. The predicted molar refractivity (Wildman–Crippen MR) is 113 cm³/mol. The number of halogens is 1. The molecule has 0 bridgehead atoms. The van der Waals surface area contributed by atoms with Gasteiger partial charge in [0, 0.05) is 31.2 Å². The molecule has 2 aromatic rings. The zero-order chi connectivity index (χ0) is 20.8. The summed E-state index contributed by atoms with van der Waals surface area (Å²) in [5, 5.41) is 6.12. The van der Waals surface area contributed by atoms with E-state index in [4.69, 9.17) is 4.74 Å². The zero-order valence-corrected chi connectivity index (χ0v) is 17.4. The minimum absolute atomic E-state index is 0.150. The van der Waals surface area contributed by atoms with Crippen molar-refractivity contribution < 1.29 is 13.9 Å². The molecular weight excluding hydrogens is 369 g/mol. The first-order valence-corrected chi connectivity index (χ1v) is 10.1. The fraction of sp³-hybridized carbons (Fsp3) is 0.435. The van der Waals surface area contributed by atoms with Crippen molar-refractivity contribution in [3.63, 3.8) is 0 Å². The van der Waals surface area contributed by atoms with Crippen LogP contribution in [0.4, 0.5) is 9.18 Å². The number of amides is 2. The summed E-state index contributed by atoms with van der Waals surface area (Å²) < 4.78 is 18.5. The number of urea groups is 1. The molecule has 1 saturated heterocycles. The number of carbonyl (C=O) groups is 1. The van der Waals surface area contributed by atoms with Crippen molar-refractivity contribution in [3.05, 3.63) is 65.0 Å². The van der Waals surface area contributed by atoms with Gasteiger partial charge in [0.2, 0.25) is 0 Å². The second-order valence-corrected chi connectivity index (χ2v) is 7.76. The number of hydrogen-bond donors (Lipinski definition) is 2. The highest BCUT2D eigenvalue weighted by Crippen LogP contribution is 2.26. The van der Waals surface area contributed by atoms with Crippen molar-refractivity contribution in [1.82, 2.24) is 15.5 Å². The molecule has 5 nitrogen and oxygen atoms in total. The lowest BCUT2D eigenvalue weighted by atomic mass is 10.0. The minimum Gasteiger partial charge on any atom is -0.496 e. The molecule has 1 unspecified atom stereocenters. The van der Waals surface area contributed by atoms with Gasteiger partial charge in [-0.2, -0.15) is 0 Å². The first-order chi connectivity index (χ1) is 13.9. The van der Waals surface area contributed by atoms with E-state index < -0.39 is 0 Å². The molecule has 2 amide bonds. The quantitative estimate of drug-likeness (QED) is 0.767. The van der Waals surface area contributed by atoms with Crippen LogP contribution in [0, 0.1) is 12.7 Å². The monoisotopic (exact) mass is 399 g/mol. The van der Waals surface area contributed by atoms with Crippen molar-refractivity contribution in [2.75, 3.05) is 20.2 Å². The summed E-state index contributed by atoms with van der Waals surface area (Å²) in [5.74, 6) is 0.567. The van der Waals surface area contributed by atoms with Crippen LogP contribution in [0.3, 0.4) is 0 Å². The third-order valence-corrected chi connectivity index (χ3v) is 5.44. The second-order valence-electron chi connectivity index (χ2n) is 7.76. The highest BCUT2D eigenvalue weighted by molar-refractivity contribution is 5.75. The van der Waals surface area contributed by atoms with Gasteiger partial charge in [-0.1, -0.05) is 29.8 Å². The predicted octanol–water partition coefficient (Wildman–Crippen LogP) is 4.17. The van der Waals surface area contributed by atoms with Gasteiger partial charge in [-0.05, 0) is 50.5 Å². The Morgan fingerprint density at radius 1 is 1.21 bits per heavy atom. The molecule has 1 atom stereocenters. The van der Waals surface area contributed by atoms with Crippen LogP contribution in [0.1, 0.15) is 42.5 Å². The minimum atomic E-state index is -0.208. The van der Waals surface area contributed by atoms with Crippen molar-refractivity contribution in [2.24, 2.45) is 0 Å². The number of ether oxygens (including phenoxy) is 1. The average molecular weight is 400 g/mol. The molecule has 2 aromatic carbocycles. The van der Waals surface area contributed by atoms with Gasteiger partial charge in [-0.15, -0.1) is 0 Å². The van der Waals surface area contributed by atoms with E-state index in [1.807, 2.05) is 44.2 Å². The van der Waals surface area contributed by atoms with Gasteiger partial charge in [-0.25, -0.2) is 9.18 Å². The summed E-state index contributed by atoms with van der Waals surface area (Å²) in [6.45, 7) is 6.61.